The van der Waals surface area contributed by atoms with Crippen LogP contribution in [0.4, 0.5) is 23.0 Å². The monoisotopic (exact) mass is 917 g/mol. The number of hydrogen-bond donors (Lipinski definition) is 8. The Balaban J connectivity index is 0.759. The highest BCUT2D eigenvalue weighted by atomic mass is 16.5. The molecular formula is C47H68N10O9. The summed E-state index contributed by atoms with van der Waals surface area (Å²) >= 11 is 0. The summed E-state index contributed by atoms with van der Waals surface area (Å²) < 4.78 is 17.5. The fourth-order valence-corrected chi connectivity index (χ4v) is 10.2. The molecule has 8 rings (SSSR count). The second kappa shape index (κ2) is 21.8. The van der Waals surface area contributed by atoms with Gasteiger partial charge in [0.2, 0.25) is 5.91 Å². The summed E-state index contributed by atoms with van der Waals surface area (Å²) in [5.41, 5.74) is 9.28. The number of piperidine rings is 2. The minimum atomic E-state index is -1.17. The highest BCUT2D eigenvalue weighted by molar-refractivity contribution is 5.96. The standard InChI is InChI=1S/C47H68N10O9/c1-3-33-43(49-29-17-26-65-27-18-29)53-44(41(51-33)42(48)60)50-30-11-12-34(37(28-30)64-2)55-19-15-31(16-20-55)54-21-23-56(24-22-54)39(59)10-5-4-6-25-66-36-9-7-8-32-40(36)47(63)57(46(32)62)35-13-14-38(58)52-45(35)61/h7-9,11-12,28-29,31,35,38,45-47,52,58,61-63H,3-6,10,13-27H2,1-2H3,(H2,48,60)(H2,49,50,53). The Hall–Kier alpha value is -4.86. The Labute approximate surface area is 386 Å². The number of hydrogen-bond acceptors (Lipinski definition) is 17. The largest absolute Gasteiger partial charge is 0.495 e. The number of anilines is 4. The van der Waals surface area contributed by atoms with Gasteiger partial charge in [-0.3, -0.25) is 19.8 Å². The van der Waals surface area contributed by atoms with E-state index >= 15 is 0 Å². The number of rotatable bonds is 17. The topological polar surface area (TPSA) is 244 Å². The number of carbonyl (C=O) groups excluding carboxylic acids is 2. The van der Waals surface area contributed by atoms with E-state index in [0.29, 0.717) is 97.2 Å². The summed E-state index contributed by atoms with van der Waals surface area (Å²) in [6.45, 7) is 8.64. The summed E-state index contributed by atoms with van der Waals surface area (Å²) in [5.74, 6) is 1.66. The lowest BCUT2D eigenvalue weighted by molar-refractivity contribution is -0.159. The Morgan fingerprint density at radius 2 is 1.65 bits per heavy atom. The predicted octanol–water partition coefficient (Wildman–Crippen LogP) is 2.92. The molecule has 0 saturated carbocycles. The number of fused-ring (bicyclic) bond motifs is 1. The van der Waals surface area contributed by atoms with Crippen LogP contribution in [0.25, 0.3) is 0 Å². The van der Waals surface area contributed by atoms with Gasteiger partial charge in [-0.2, -0.15) is 0 Å². The number of methoxy groups -OCH3 is 1. The van der Waals surface area contributed by atoms with E-state index in [2.05, 4.69) is 30.7 Å². The zero-order valence-electron chi connectivity index (χ0n) is 38.2. The second-order valence-corrected chi connectivity index (χ2v) is 18.0. The Bertz CT molecular complexity index is 2130. The third-order valence-corrected chi connectivity index (χ3v) is 13.9. The molecule has 5 atom stereocenters. The number of aryl methyl sites for hydroxylation is 1. The smallest absolute Gasteiger partial charge is 0.271 e. The lowest BCUT2D eigenvalue weighted by Crippen LogP contribution is -2.57. The number of carbonyl (C=O) groups is 2. The van der Waals surface area contributed by atoms with E-state index in [1.165, 1.54) is 4.90 Å². The lowest BCUT2D eigenvalue weighted by Gasteiger charge is -2.43. The molecule has 66 heavy (non-hydrogen) atoms. The number of nitrogens with one attached hydrogen (secondary N) is 3. The van der Waals surface area contributed by atoms with Gasteiger partial charge in [-0.1, -0.05) is 19.1 Å². The van der Waals surface area contributed by atoms with E-state index < -0.39 is 36.9 Å². The van der Waals surface area contributed by atoms with Gasteiger partial charge in [0.1, 0.15) is 36.4 Å². The molecule has 0 radical (unpaired) electrons. The molecule has 2 aromatic carbocycles. The number of amides is 2. The SMILES string of the molecule is CCc1nc(C(N)=O)c(Nc2ccc(N3CCC(N4CCN(C(=O)CCCCCOc5cccc6c5C(O)N(C5CCC(O)NC5O)C6O)CC4)CC3)c(OC)c2)nc1NC1CCOCC1. The minimum absolute atomic E-state index is 0.0871. The molecule has 6 heterocycles. The van der Waals surface area contributed by atoms with Crippen LogP contribution in [-0.4, -0.2) is 154 Å². The van der Waals surface area contributed by atoms with Crippen molar-refractivity contribution in [3.63, 3.8) is 0 Å². The average Bonchev–Trinajstić information content (AvgIpc) is 3.59. The van der Waals surface area contributed by atoms with E-state index in [1.54, 1.807) is 25.3 Å². The molecule has 5 aliphatic rings. The van der Waals surface area contributed by atoms with E-state index in [0.717, 1.165) is 89.9 Å². The van der Waals surface area contributed by atoms with Gasteiger partial charge in [0.25, 0.3) is 5.91 Å². The van der Waals surface area contributed by atoms with Crippen LogP contribution in [-0.2, 0) is 16.0 Å². The fourth-order valence-electron chi connectivity index (χ4n) is 10.2. The molecule has 5 unspecified atom stereocenters. The maximum Gasteiger partial charge on any atom is 0.271 e. The molecule has 4 saturated heterocycles. The number of aromatic nitrogens is 2. The van der Waals surface area contributed by atoms with Gasteiger partial charge < -0.3 is 60.8 Å². The highest BCUT2D eigenvalue weighted by Crippen LogP contribution is 2.46. The molecule has 9 N–H and O–H groups in total. The lowest BCUT2D eigenvalue weighted by atomic mass is 10.0. The van der Waals surface area contributed by atoms with Crippen molar-refractivity contribution in [3.8, 4) is 11.5 Å². The van der Waals surface area contributed by atoms with E-state index in [-0.39, 0.29) is 17.6 Å². The van der Waals surface area contributed by atoms with Gasteiger partial charge in [-0.05, 0) is 82.4 Å². The number of aliphatic hydroxyl groups excluding tert-OH is 4. The molecule has 5 aliphatic heterocycles. The first kappa shape index (κ1) is 47.6. The first-order valence-electron chi connectivity index (χ1n) is 23.8. The van der Waals surface area contributed by atoms with Crippen LogP contribution in [0.5, 0.6) is 11.5 Å². The molecule has 4 fully saturated rings. The first-order chi connectivity index (χ1) is 32.0. The normalized spacial score (nSPS) is 24.5. The van der Waals surface area contributed by atoms with Crippen molar-refractivity contribution < 1.29 is 44.2 Å². The number of unbranched alkanes of at least 4 members (excludes halogenated alkanes) is 2. The molecule has 3 aromatic rings. The minimum Gasteiger partial charge on any atom is -0.495 e. The van der Waals surface area contributed by atoms with Gasteiger partial charge in [0, 0.05) is 93.9 Å². The zero-order chi connectivity index (χ0) is 46.3. The summed E-state index contributed by atoms with van der Waals surface area (Å²) in [5, 5.41) is 52.2. The average molecular weight is 917 g/mol. The molecule has 0 spiro atoms. The Morgan fingerprint density at radius 1 is 0.879 bits per heavy atom. The van der Waals surface area contributed by atoms with Crippen molar-refractivity contribution in [2.75, 3.05) is 81.7 Å². The van der Waals surface area contributed by atoms with Crippen molar-refractivity contribution >= 4 is 34.8 Å². The van der Waals surface area contributed by atoms with Crippen LogP contribution in [0.3, 0.4) is 0 Å². The summed E-state index contributed by atoms with van der Waals surface area (Å²) in [6.07, 6.45) is 3.69. The summed E-state index contributed by atoms with van der Waals surface area (Å²) in [4.78, 5) is 43.5. The maximum absolute atomic E-state index is 13.2. The van der Waals surface area contributed by atoms with Crippen LogP contribution in [0, 0.1) is 0 Å². The van der Waals surface area contributed by atoms with Gasteiger partial charge >= 0.3 is 0 Å². The first-order valence-corrected chi connectivity index (χ1v) is 23.8. The number of primary amides is 1. The van der Waals surface area contributed by atoms with Crippen LogP contribution in [0.15, 0.2) is 36.4 Å². The van der Waals surface area contributed by atoms with Crippen molar-refractivity contribution in [1.82, 2.24) is 30.0 Å². The van der Waals surface area contributed by atoms with Crippen molar-refractivity contribution in [3.05, 3.63) is 58.9 Å². The number of nitrogens with two attached hydrogens (primary N) is 1. The van der Waals surface area contributed by atoms with Crippen molar-refractivity contribution in [1.29, 1.82) is 0 Å². The number of piperazine rings is 1. The third-order valence-electron chi connectivity index (χ3n) is 13.9. The second-order valence-electron chi connectivity index (χ2n) is 18.0. The summed E-state index contributed by atoms with van der Waals surface area (Å²) in [6, 6.07) is 11.3. The van der Waals surface area contributed by atoms with Crippen molar-refractivity contribution in [2.45, 2.75) is 121 Å². The van der Waals surface area contributed by atoms with Crippen LogP contribution >= 0.6 is 0 Å². The maximum atomic E-state index is 13.2. The molecule has 360 valence electrons. The van der Waals surface area contributed by atoms with Crippen LogP contribution < -0.4 is 36.1 Å². The predicted molar refractivity (Wildman–Crippen MR) is 247 cm³/mol. The Kier molecular flexibility index (Phi) is 15.8. The zero-order valence-corrected chi connectivity index (χ0v) is 38.2. The van der Waals surface area contributed by atoms with Gasteiger partial charge in [-0.15, -0.1) is 0 Å². The van der Waals surface area contributed by atoms with Gasteiger partial charge in [-0.25, -0.2) is 14.9 Å². The van der Waals surface area contributed by atoms with Crippen LogP contribution in [0.1, 0.15) is 111 Å². The van der Waals surface area contributed by atoms with Gasteiger partial charge in [0.05, 0.1) is 31.1 Å². The number of aliphatic hydroxyl groups is 4. The molecule has 1 aromatic heterocycles. The third kappa shape index (κ3) is 10.8. The molecule has 19 nitrogen and oxygen atoms in total. The highest BCUT2D eigenvalue weighted by Gasteiger charge is 2.46. The summed E-state index contributed by atoms with van der Waals surface area (Å²) in [7, 11) is 1.66. The Morgan fingerprint density at radius 3 is 2.36 bits per heavy atom. The van der Waals surface area contributed by atoms with Crippen LogP contribution in [0.2, 0.25) is 0 Å². The molecule has 0 bridgehead atoms. The van der Waals surface area contributed by atoms with E-state index in [4.69, 9.17) is 24.9 Å². The fraction of sp³-hybridized carbons (Fsp3) is 0.617. The molecule has 2 amide bonds. The van der Waals surface area contributed by atoms with Gasteiger partial charge in [0.15, 0.2) is 17.3 Å². The van der Waals surface area contributed by atoms with Crippen molar-refractivity contribution in [2.24, 2.45) is 5.73 Å². The van der Waals surface area contributed by atoms with E-state index in [9.17, 15) is 30.0 Å². The molecule has 0 aliphatic carbocycles. The molecular weight excluding hydrogens is 849 g/mol. The number of ether oxygens (including phenoxy) is 3. The quantitative estimate of drug-likeness (QED) is 0.0908. The number of nitrogens with zero attached hydrogens (tertiary/aromatic N) is 6. The number of benzene rings is 2. The molecule has 19 heteroatoms. The van der Waals surface area contributed by atoms with E-state index in [1.807, 2.05) is 30.0 Å².